The second-order valence-corrected chi connectivity index (χ2v) is 8.25. The fraction of sp³-hybridized carbons (Fsp3) is 0.500. The summed E-state index contributed by atoms with van der Waals surface area (Å²) in [6.45, 7) is 4.39. The van der Waals surface area contributed by atoms with Gasteiger partial charge in [-0.05, 0) is 62.0 Å². The molecule has 2 aromatic rings. The van der Waals surface area contributed by atoms with Gasteiger partial charge < -0.3 is 24.7 Å². The Morgan fingerprint density at radius 1 is 1.16 bits per heavy atom. The molecule has 0 radical (unpaired) electrons. The molecule has 8 nitrogen and oxygen atoms in total. The lowest BCUT2D eigenvalue weighted by Gasteiger charge is -2.38. The number of carboxylic acids is 1. The van der Waals surface area contributed by atoms with Crippen LogP contribution < -0.4 is 10.2 Å². The summed E-state index contributed by atoms with van der Waals surface area (Å²) < 4.78 is 18.0. The summed E-state index contributed by atoms with van der Waals surface area (Å²) in [5.74, 6) is -0.975. The summed E-state index contributed by atoms with van der Waals surface area (Å²) >= 11 is 0. The molecule has 2 saturated heterocycles. The highest BCUT2D eigenvalue weighted by molar-refractivity contribution is 5.84. The lowest BCUT2D eigenvalue weighted by atomic mass is 9.81. The summed E-state index contributed by atoms with van der Waals surface area (Å²) in [6, 6.07) is 7.92. The number of carbonyl (C=O) groups is 2. The van der Waals surface area contributed by atoms with Gasteiger partial charge >= 0.3 is 5.97 Å². The topological polar surface area (TPSA) is 98.9 Å². The first-order valence-electron chi connectivity index (χ1n) is 10.7. The Morgan fingerprint density at radius 3 is 2.58 bits per heavy atom. The lowest BCUT2D eigenvalue weighted by molar-refractivity contribution is -0.133. The van der Waals surface area contributed by atoms with Gasteiger partial charge in [-0.3, -0.25) is 4.79 Å². The van der Waals surface area contributed by atoms with Crippen LogP contribution in [-0.2, 0) is 11.2 Å². The summed E-state index contributed by atoms with van der Waals surface area (Å²) in [4.78, 5) is 28.1. The number of hydrogen-bond donors (Lipinski definition) is 2. The molecule has 2 unspecified atom stereocenters. The number of carboxylic acid groups (broad SMARTS) is 1. The minimum absolute atomic E-state index is 0.155. The number of aromatic nitrogens is 1. The van der Waals surface area contributed by atoms with Crippen LogP contribution in [0.25, 0.3) is 0 Å². The normalized spacial score (nSPS) is 21.8. The van der Waals surface area contributed by atoms with Gasteiger partial charge in [-0.2, -0.15) is 0 Å². The van der Waals surface area contributed by atoms with E-state index < -0.39 is 5.97 Å². The van der Waals surface area contributed by atoms with Gasteiger partial charge in [-0.25, -0.2) is 9.18 Å². The average molecular weight is 430 g/mol. The first-order chi connectivity index (χ1) is 15.0. The molecule has 2 aliphatic rings. The van der Waals surface area contributed by atoms with E-state index >= 15 is 0 Å². The minimum Gasteiger partial charge on any atom is -0.475 e. The molecule has 3 heterocycles. The molecule has 1 amide bonds. The lowest BCUT2D eigenvalue weighted by Crippen LogP contribution is -2.50. The maximum absolute atomic E-state index is 13.1. The van der Waals surface area contributed by atoms with E-state index in [1.807, 2.05) is 4.90 Å². The maximum atomic E-state index is 13.1. The SMILES string of the molecule is O=C(O)c1cc(CC2CNCCC2CC(=O)N2CCN(c3ccc(F)cc3)CC2)no1. The van der Waals surface area contributed by atoms with Crippen LogP contribution in [0.5, 0.6) is 0 Å². The molecule has 2 N–H and O–H groups in total. The molecule has 2 atom stereocenters. The number of aromatic carboxylic acids is 1. The number of piperidine rings is 1. The fourth-order valence-electron chi connectivity index (χ4n) is 4.48. The standard InChI is InChI=1S/C22H27FN4O4/c23-17-1-3-19(4-2-17)26-7-9-27(10-8-26)21(28)12-15-5-6-24-14-16(15)11-18-13-20(22(29)30)31-25-18/h1-4,13,15-16,24H,5-12,14H2,(H,29,30). The number of hydrogen-bond acceptors (Lipinski definition) is 6. The van der Waals surface area contributed by atoms with Gasteiger partial charge in [-0.15, -0.1) is 0 Å². The predicted octanol–water partition coefficient (Wildman–Crippen LogP) is 2.02. The summed E-state index contributed by atoms with van der Waals surface area (Å²) in [7, 11) is 0. The highest BCUT2D eigenvalue weighted by Gasteiger charge is 2.31. The van der Waals surface area contributed by atoms with Crippen molar-refractivity contribution in [3.63, 3.8) is 0 Å². The summed E-state index contributed by atoms with van der Waals surface area (Å²) in [5.41, 5.74) is 1.58. The Kier molecular flexibility index (Phi) is 6.50. The molecule has 1 aromatic heterocycles. The summed E-state index contributed by atoms with van der Waals surface area (Å²) in [5, 5.41) is 16.2. The van der Waals surface area contributed by atoms with Crippen LogP contribution in [-0.4, -0.2) is 66.3 Å². The van der Waals surface area contributed by atoms with Crippen LogP contribution in [0.1, 0.15) is 29.1 Å². The first-order valence-corrected chi connectivity index (χ1v) is 10.7. The van der Waals surface area contributed by atoms with Gasteiger partial charge in [-0.1, -0.05) is 5.16 Å². The van der Waals surface area contributed by atoms with Crippen LogP contribution in [0.2, 0.25) is 0 Å². The van der Waals surface area contributed by atoms with Crippen molar-refractivity contribution in [1.29, 1.82) is 0 Å². The molecular formula is C22H27FN4O4. The predicted molar refractivity (Wildman–Crippen MR) is 111 cm³/mol. The molecule has 0 bridgehead atoms. The number of nitrogens with zero attached hydrogens (tertiary/aromatic N) is 3. The number of rotatable bonds is 6. The number of anilines is 1. The number of carbonyl (C=O) groups excluding carboxylic acids is 1. The maximum Gasteiger partial charge on any atom is 0.374 e. The number of benzene rings is 1. The van der Waals surface area contributed by atoms with Crippen molar-refractivity contribution >= 4 is 17.6 Å². The van der Waals surface area contributed by atoms with Gasteiger partial charge in [0.1, 0.15) is 5.82 Å². The molecule has 4 rings (SSSR count). The molecule has 2 aliphatic heterocycles. The highest BCUT2D eigenvalue weighted by atomic mass is 19.1. The van der Waals surface area contributed by atoms with Crippen LogP contribution >= 0.6 is 0 Å². The zero-order valence-corrected chi connectivity index (χ0v) is 17.3. The second kappa shape index (κ2) is 9.47. The molecule has 0 spiro atoms. The Hall–Kier alpha value is -2.94. The van der Waals surface area contributed by atoms with Crippen molar-refractivity contribution < 1.29 is 23.6 Å². The van der Waals surface area contributed by atoms with E-state index in [4.69, 9.17) is 9.63 Å². The van der Waals surface area contributed by atoms with Crippen LogP contribution in [0, 0.1) is 17.7 Å². The van der Waals surface area contributed by atoms with E-state index in [0.29, 0.717) is 31.6 Å². The third-order valence-electron chi connectivity index (χ3n) is 6.27. The number of halogens is 1. The quantitative estimate of drug-likeness (QED) is 0.723. The Labute approximate surface area is 180 Å². The van der Waals surface area contributed by atoms with E-state index in [-0.39, 0.29) is 29.3 Å². The molecule has 166 valence electrons. The average Bonchev–Trinajstić information content (AvgIpc) is 3.25. The first kappa shape index (κ1) is 21.3. The Morgan fingerprint density at radius 2 is 1.90 bits per heavy atom. The summed E-state index contributed by atoms with van der Waals surface area (Å²) in [6.07, 6.45) is 1.96. The van der Waals surface area contributed by atoms with Crippen molar-refractivity contribution in [2.24, 2.45) is 11.8 Å². The third kappa shape index (κ3) is 5.22. The van der Waals surface area contributed by atoms with Gasteiger partial charge in [0.05, 0.1) is 5.69 Å². The number of piperazine rings is 1. The third-order valence-corrected chi connectivity index (χ3v) is 6.27. The van der Waals surface area contributed by atoms with Gasteiger partial charge in [0.15, 0.2) is 0 Å². The smallest absolute Gasteiger partial charge is 0.374 e. The monoisotopic (exact) mass is 430 g/mol. The largest absolute Gasteiger partial charge is 0.475 e. The minimum atomic E-state index is -1.13. The zero-order chi connectivity index (χ0) is 21.8. The van der Waals surface area contributed by atoms with Crippen molar-refractivity contribution in [2.45, 2.75) is 19.3 Å². The number of amides is 1. The van der Waals surface area contributed by atoms with E-state index in [2.05, 4.69) is 15.4 Å². The molecule has 0 saturated carbocycles. The van der Waals surface area contributed by atoms with E-state index in [1.54, 1.807) is 12.1 Å². The van der Waals surface area contributed by atoms with Crippen molar-refractivity contribution in [2.75, 3.05) is 44.2 Å². The number of nitrogens with one attached hydrogen (secondary N) is 1. The highest BCUT2D eigenvalue weighted by Crippen LogP contribution is 2.27. The van der Waals surface area contributed by atoms with Crippen LogP contribution in [0.15, 0.2) is 34.9 Å². The van der Waals surface area contributed by atoms with Crippen LogP contribution in [0.3, 0.4) is 0 Å². The van der Waals surface area contributed by atoms with E-state index in [0.717, 1.165) is 38.3 Å². The molecule has 2 fully saturated rings. The molecule has 0 aliphatic carbocycles. The molecule has 31 heavy (non-hydrogen) atoms. The molecule has 1 aromatic carbocycles. The zero-order valence-electron chi connectivity index (χ0n) is 17.3. The molecule has 9 heteroatoms. The Bertz CT molecular complexity index is 908. The molecular weight excluding hydrogens is 403 g/mol. The van der Waals surface area contributed by atoms with Crippen molar-refractivity contribution in [3.8, 4) is 0 Å². The fourth-order valence-corrected chi connectivity index (χ4v) is 4.48. The van der Waals surface area contributed by atoms with E-state index in [1.165, 1.54) is 18.2 Å². The van der Waals surface area contributed by atoms with E-state index in [9.17, 15) is 14.0 Å². The van der Waals surface area contributed by atoms with Crippen molar-refractivity contribution in [3.05, 3.63) is 47.6 Å². The van der Waals surface area contributed by atoms with Gasteiger partial charge in [0.25, 0.3) is 0 Å². The van der Waals surface area contributed by atoms with Gasteiger partial charge in [0.2, 0.25) is 11.7 Å². The Balaban J connectivity index is 1.31. The van der Waals surface area contributed by atoms with Crippen molar-refractivity contribution in [1.82, 2.24) is 15.4 Å². The van der Waals surface area contributed by atoms with Crippen LogP contribution in [0.4, 0.5) is 10.1 Å². The second-order valence-electron chi connectivity index (χ2n) is 8.25. The van der Waals surface area contributed by atoms with Gasteiger partial charge in [0, 0.05) is 44.4 Å².